The van der Waals surface area contributed by atoms with E-state index < -0.39 is 5.97 Å². The van der Waals surface area contributed by atoms with Gasteiger partial charge in [-0.15, -0.1) is 0 Å². The Balaban J connectivity index is 1.99. The number of hydrogen-bond acceptors (Lipinski definition) is 4. The molecule has 0 bridgehead atoms. The van der Waals surface area contributed by atoms with E-state index in [4.69, 9.17) is 22.1 Å². The van der Waals surface area contributed by atoms with Gasteiger partial charge in [0.15, 0.2) is 0 Å². The van der Waals surface area contributed by atoms with Crippen LogP contribution in [0.4, 0.5) is 0 Å². The molecule has 0 aliphatic rings. The number of aliphatic carboxylic acids is 1. The summed E-state index contributed by atoms with van der Waals surface area (Å²) in [6.07, 6.45) is 2.29. The van der Waals surface area contributed by atoms with Crippen LogP contribution >= 0.6 is 12.2 Å². The highest BCUT2D eigenvalue weighted by Gasteiger charge is 2.02. The van der Waals surface area contributed by atoms with Gasteiger partial charge in [-0.25, -0.2) is 0 Å². The number of carboxylic acids is 1. The molecule has 0 spiro atoms. The molecular formula is C15H16N2O3S. The predicted octanol–water partition coefficient (Wildman–Crippen LogP) is 3.04. The standard InChI is InChI=1S/C15H16N2O3S/c1-10-15(21)17-12(8-16-10)9-20-13-4-2-3-11(7-13)5-6-14(18)19/h2-4,7-8H,5-6,9H2,1H3,(H,17,21)(H,18,19). The zero-order chi connectivity index (χ0) is 15.2. The first-order chi connectivity index (χ1) is 10.0. The van der Waals surface area contributed by atoms with Crippen LogP contribution in [0.25, 0.3) is 0 Å². The van der Waals surface area contributed by atoms with Crippen LogP contribution in [-0.4, -0.2) is 21.0 Å². The fraction of sp³-hybridized carbons (Fsp3) is 0.267. The van der Waals surface area contributed by atoms with Crippen molar-refractivity contribution in [2.45, 2.75) is 26.4 Å². The maximum atomic E-state index is 10.6. The number of aromatic nitrogens is 2. The summed E-state index contributed by atoms with van der Waals surface area (Å²) in [7, 11) is 0. The number of H-pyrrole nitrogens is 1. The van der Waals surface area contributed by atoms with Crippen LogP contribution in [0.5, 0.6) is 5.75 Å². The molecule has 0 aliphatic carbocycles. The molecule has 6 heteroatoms. The topological polar surface area (TPSA) is 75.2 Å². The number of nitrogens with one attached hydrogen (secondary N) is 1. The van der Waals surface area contributed by atoms with Crippen molar-refractivity contribution >= 4 is 18.2 Å². The van der Waals surface area contributed by atoms with Gasteiger partial charge >= 0.3 is 5.97 Å². The summed E-state index contributed by atoms with van der Waals surface area (Å²) in [6.45, 7) is 2.18. The van der Waals surface area contributed by atoms with Crippen LogP contribution in [-0.2, 0) is 17.8 Å². The minimum atomic E-state index is -0.806. The van der Waals surface area contributed by atoms with Gasteiger partial charge in [0, 0.05) is 6.42 Å². The van der Waals surface area contributed by atoms with Crippen molar-refractivity contribution in [3.05, 3.63) is 52.1 Å². The minimum absolute atomic E-state index is 0.110. The Morgan fingerprint density at radius 2 is 2.29 bits per heavy atom. The van der Waals surface area contributed by atoms with Gasteiger partial charge in [0.2, 0.25) is 0 Å². The van der Waals surface area contributed by atoms with E-state index in [9.17, 15) is 4.79 Å². The number of benzene rings is 1. The Morgan fingerprint density at radius 3 is 3.00 bits per heavy atom. The van der Waals surface area contributed by atoms with E-state index in [1.165, 1.54) is 0 Å². The van der Waals surface area contributed by atoms with Crippen molar-refractivity contribution < 1.29 is 14.6 Å². The third-order valence-corrected chi connectivity index (χ3v) is 3.33. The van der Waals surface area contributed by atoms with E-state index in [-0.39, 0.29) is 6.42 Å². The van der Waals surface area contributed by atoms with Gasteiger partial charge in [-0.2, -0.15) is 0 Å². The third kappa shape index (κ3) is 4.68. The molecule has 2 aromatic rings. The molecule has 0 unspecified atom stereocenters. The highest BCUT2D eigenvalue weighted by atomic mass is 32.1. The van der Waals surface area contributed by atoms with Crippen molar-refractivity contribution in [3.8, 4) is 5.75 Å². The minimum Gasteiger partial charge on any atom is -0.487 e. The molecular weight excluding hydrogens is 288 g/mol. The number of carboxylic acid groups (broad SMARTS) is 1. The van der Waals surface area contributed by atoms with E-state index in [0.717, 1.165) is 17.0 Å². The maximum Gasteiger partial charge on any atom is 0.303 e. The number of rotatable bonds is 6. The van der Waals surface area contributed by atoms with Crippen LogP contribution in [0.1, 0.15) is 23.4 Å². The highest BCUT2D eigenvalue weighted by Crippen LogP contribution is 2.16. The first-order valence-corrected chi connectivity index (χ1v) is 6.94. The van der Waals surface area contributed by atoms with E-state index >= 15 is 0 Å². The van der Waals surface area contributed by atoms with E-state index in [1.807, 2.05) is 31.2 Å². The molecule has 0 amide bonds. The Labute approximate surface area is 127 Å². The second-order valence-corrected chi connectivity index (χ2v) is 5.06. The van der Waals surface area contributed by atoms with Crippen molar-refractivity contribution in [3.63, 3.8) is 0 Å². The molecule has 1 aromatic carbocycles. The van der Waals surface area contributed by atoms with Gasteiger partial charge < -0.3 is 14.8 Å². The van der Waals surface area contributed by atoms with Gasteiger partial charge in [-0.05, 0) is 31.0 Å². The average Bonchev–Trinajstić information content (AvgIpc) is 2.47. The van der Waals surface area contributed by atoms with Crippen molar-refractivity contribution in [1.29, 1.82) is 0 Å². The van der Waals surface area contributed by atoms with E-state index in [0.29, 0.717) is 23.4 Å². The first-order valence-electron chi connectivity index (χ1n) is 6.53. The Kier molecular flexibility index (Phi) is 5.05. The molecule has 2 N–H and O–H groups in total. The molecule has 0 atom stereocenters. The largest absolute Gasteiger partial charge is 0.487 e. The van der Waals surface area contributed by atoms with Gasteiger partial charge in [0.05, 0.1) is 17.6 Å². The Hall–Kier alpha value is -2.21. The molecule has 0 saturated carbocycles. The molecule has 0 saturated heterocycles. The smallest absolute Gasteiger partial charge is 0.303 e. The molecule has 0 radical (unpaired) electrons. The third-order valence-electron chi connectivity index (χ3n) is 2.94. The predicted molar refractivity (Wildman–Crippen MR) is 80.9 cm³/mol. The lowest BCUT2D eigenvalue weighted by Crippen LogP contribution is -2.01. The number of hydrogen-bond donors (Lipinski definition) is 2. The number of ether oxygens (including phenoxy) is 1. The Bertz CT molecular complexity index is 697. The number of nitrogens with zero attached hydrogens (tertiary/aromatic N) is 1. The number of aromatic amines is 1. The van der Waals surface area contributed by atoms with Crippen LogP contribution in [0.15, 0.2) is 30.5 Å². The molecule has 110 valence electrons. The van der Waals surface area contributed by atoms with Gasteiger partial charge in [-0.3, -0.25) is 9.78 Å². The average molecular weight is 304 g/mol. The summed E-state index contributed by atoms with van der Waals surface area (Å²) < 4.78 is 6.27. The second-order valence-electron chi connectivity index (χ2n) is 4.65. The fourth-order valence-electron chi connectivity index (χ4n) is 1.78. The molecule has 21 heavy (non-hydrogen) atoms. The normalized spacial score (nSPS) is 10.3. The van der Waals surface area contributed by atoms with E-state index in [1.54, 1.807) is 6.20 Å². The zero-order valence-electron chi connectivity index (χ0n) is 11.6. The van der Waals surface area contributed by atoms with E-state index in [2.05, 4.69) is 9.97 Å². The fourth-order valence-corrected chi connectivity index (χ4v) is 1.96. The monoisotopic (exact) mass is 304 g/mol. The van der Waals surface area contributed by atoms with Crippen LogP contribution in [0.3, 0.4) is 0 Å². The van der Waals surface area contributed by atoms with Crippen LogP contribution < -0.4 is 4.74 Å². The van der Waals surface area contributed by atoms with Crippen molar-refractivity contribution in [2.75, 3.05) is 0 Å². The molecule has 0 aliphatic heterocycles. The Morgan fingerprint density at radius 1 is 1.48 bits per heavy atom. The number of carbonyl (C=O) groups is 1. The molecule has 5 nitrogen and oxygen atoms in total. The SMILES string of the molecule is Cc1ncc(COc2cccc(CCC(=O)O)c2)[nH]c1=S. The molecule has 2 rings (SSSR count). The van der Waals surface area contributed by atoms with Gasteiger partial charge in [-0.1, -0.05) is 24.4 Å². The summed E-state index contributed by atoms with van der Waals surface area (Å²) >= 11 is 5.12. The molecule has 1 aromatic heterocycles. The maximum absolute atomic E-state index is 10.6. The van der Waals surface area contributed by atoms with Crippen molar-refractivity contribution in [2.24, 2.45) is 0 Å². The zero-order valence-corrected chi connectivity index (χ0v) is 12.4. The lowest BCUT2D eigenvalue weighted by molar-refractivity contribution is -0.136. The summed E-state index contributed by atoms with van der Waals surface area (Å²) in [5.41, 5.74) is 2.51. The molecule has 1 heterocycles. The quantitative estimate of drug-likeness (QED) is 0.802. The molecule has 0 fully saturated rings. The first kappa shape index (κ1) is 15.2. The number of aryl methyl sites for hydroxylation is 2. The van der Waals surface area contributed by atoms with Gasteiger partial charge in [0.25, 0.3) is 0 Å². The second kappa shape index (κ2) is 6.99. The summed E-state index contributed by atoms with van der Waals surface area (Å²) in [6, 6.07) is 7.42. The summed E-state index contributed by atoms with van der Waals surface area (Å²) in [4.78, 5) is 17.8. The lowest BCUT2D eigenvalue weighted by atomic mass is 10.1. The highest BCUT2D eigenvalue weighted by molar-refractivity contribution is 7.71. The lowest BCUT2D eigenvalue weighted by Gasteiger charge is -2.08. The van der Waals surface area contributed by atoms with Gasteiger partial charge in [0.1, 0.15) is 17.0 Å². The van der Waals surface area contributed by atoms with Crippen molar-refractivity contribution in [1.82, 2.24) is 9.97 Å². The summed E-state index contributed by atoms with van der Waals surface area (Å²) in [5, 5.41) is 8.69. The summed E-state index contributed by atoms with van der Waals surface area (Å²) in [5.74, 6) is -0.114. The van der Waals surface area contributed by atoms with Crippen LogP contribution in [0.2, 0.25) is 0 Å². The van der Waals surface area contributed by atoms with Crippen LogP contribution in [0, 0.1) is 11.6 Å².